The molecule has 1 aromatic rings. The number of nitrogens with one attached hydrogen (secondary N) is 1. The van der Waals surface area contributed by atoms with Crippen molar-refractivity contribution in [1.29, 1.82) is 0 Å². The quantitative estimate of drug-likeness (QED) is 0.844. The molecule has 2 unspecified atom stereocenters. The lowest BCUT2D eigenvalue weighted by Gasteiger charge is -2.19. The summed E-state index contributed by atoms with van der Waals surface area (Å²) in [6.45, 7) is 7.41. The number of hydrogen-bond acceptors (Lipinski definition) is 3. The van der Waals surface area contributed by atoms with Gasteiger partial charge in [-0.05, 0) is 39.3 Å². The maximum absolute atomic E-state index is 11.8. The van der Waals surface area contributed by atoms with Gasteiger partial charge >= 0.3 is 0 Å². The SMILES string of the molecule is CCC(C)NC(=O)C(C)Oc1cccc(O)c1C. The normalized spacial score (nSPS) is 13.8. The van der Waals surface area contributed by atoms with Crippen molar-refractivity contribution in [3.05, 3.63) is 23.8 Å². The lowest BCUT2D eigenvalue weighted by atomic mass is 10.2. The number of amides is 1. The Morgan fingerprint density at radius 2 is 2.11 bits per heavy atom. The molecule has 0 fully saturated rings. The molecule has 100 valence electrons. The maximum atomic E-state index is 11.8. The fraction of sp³-hybridized carbons (Fsp3) is 0.500. The fourth-order valence-corrected chi connectivity index (χ4v) is 1.44. The molecule has 0 aliphatic heterocycles. The molecule has 1 rings (SSSR count). The van der Waals surface area contributed by atoms with Crippen LogP contribution >= 0.6 is 0 Å². The second-order valence-corrected chi connectivity index (χ2v) is 4.48. The highest BCUT2D eigenvalue weighted by Crippen LogP contribution is 2.26. The van der Waals surface area contributed by atoms with E-state index < -0.39 is 6.10 Å². The van der Waals surface area contributed by atoms with E-state index in [1.807, 2.05) is 13.8 Å². The first kappa shape index (κ1) is 14.4. The molecule has 0 spiro atoms. The summed E-state index contributed by atoms with van der Waals surface area (Å²) < 4.78 is 5.56. The minimum absolute atomic E-state index is 0.133. The van der Waals surface area contributed by atoms with Gasteiger partial charge in [0.15, 0.2) is 6.10 Å². The Labute approximate surface area is 108 Å². The van der Waals surface area contributed by atoms with Crippen molar-refractivity contribution in [2.45, 2.75) is 46.3 Å². The second-order valence-electron chi connectivity index (χ2n) is 4.48. The van der Waals surface area contributed by atoms with Crippen molar-refractivity contribution in [3.8, 4) is 11.5 Å². The third-order valence-electron chi connectivity index (χ3n) is 2.93. The van der Waals surface area contributed by atoms with Crippen LogP contribution in [0.5, 0.6) is 11.5 Å². The maximum Gasteiger partial charge on any atom is 0.260 e. The number of rotatable bonds is 5. The summed E-state index contributed by atoms with van der Waals surface area (Å²) in [5, 5.41) is 12.4. The predicted octanol–water partition coefficient (Wildman–Crippen LogP) is 2.38. The molecule has 0 radical (unpaired) electrons. The van der Waals surface area contributed by atoms with Gasteiger partial charge in [-0.2, -0.15) is 0 Å². The van der Waals surface area contributed by atoms with Gasteiger partial charge in [0.25, 0.3) is 5.91 Å². The van der Waals surface area contributed by atoms with E-state index in [-0.39, 0.29) is 17.7 Å². The van der Waals surface area contributed by atoms with E-state index in [4.69, 9.17) is 4.74 Å². The molecule has 2 N–H and O–H groups in total. The lowest BCUT2D eigenvalue weighted by Crippen LogP contribution is -2.41. The third kappa shape index (κ3) is 3.65. The number of hydrogen-bond donors (Lipinski definition) is 2. The zero-order valence-corrected chi connectivity index (χ0v) is 11.4. The van der Waals surface area contributed by atoms with E-state index in [0.29, 0.717) is 11.3 Å². The molecule has 0 aromatic heterocycles. The number of ether oxygens (including phenoxy) is 1. The highest BCUT2D eigenvalue weighted by molar-refractivity contribution is 5.81. The van der Waals surface area contributed by atoms with Gasteiger partial charge in [-0.15, -0.1) is 0 Å². The van der Waals surface area contributed by atoms with E-state index >= 15 is 0 Å². The smallest absolute Gasteiger partial charge is 0.260 e. The van der Waals surface area contributed by atoms with Gasteiger partial charge in [0.2, 0.25) is 0 Å². The Morgan fingerprint density at radius 3 is 2.72 bits per heavy atom. The molecule has 4 heteroatoms. The minimum atomic E-state index is -0.584. The van der Waals surface area contributed by atoms with Crippen LogP contribution in [-0.4, -0.2) is 23.2 Å². The first-order chi connectivity index (χ1) is 8.45. The van der Waals surface area contributed by atoms with Crippen molar-refractivity contribution < 1.29 is 14.6 Å². The van der Waals surface area contributed by atoms with E-state index in [0.717, 1.165) is 6.42 Å². The summed E-state index contributed by atoms with van der Waals surface area (Å²) in [6, 6.07) is 5.15. The van der Waals surface area contributed by atoms with Crippen molar-refractivity contribution >= 4 is 5.91 Å². The lowest BCUT2D eigenvalue weighted by molar-refractivity contribution is -0.127. The summed E-state index contributed by atoms with van der Waals surface area (Å²) in [4.78, 5) is 11.8. The molecule has 0 aliphatic rings. The van der Waals surface area contributed by atoms with E-state index in [1.165, 1.54) is 0 Å². The molecule has 2 atom stereocenters. The topological polar surface area (TPSA) is 58.6 Å². The number of phenols is 1. The molecule has 1 amide bonds. The van der Waals surface area contributed by atoms with Crippen molar-refractivity contribution in [2.75, 3.05) is 0 Å². The highest BCUT2D eigenvalue weighted by atomic mass is 16.5. The highest BCUT2D eigenvalue weighted by Gasteiger charge is 2.17. The van der Waals surface area contributed by atoms with Gasteiger partial charge in [-0.3, -0.25) is 4.79 Å². The monoisotopic (exact) mass is 251 g/mol. The molecule has 4 nitrogen and oxygen atoms in total. The third-order valence-corrected chi connectivity index (χ3v) is 2.93. The summed E-state index contributed by atoms with van der Waals surface area (Å²) >= 11 is 0. The molecule has 0 saturated carbocycles. The number of benzene rings is 1. The summed E-state index contributed by atoms with van der Waals surface area (Å²) in [7, 11) is 0. The molecule has 0 heterocycles. The number of aromatic hydroxyl groups is 1. The standard InChI is InChI=1S/C14H21NO3/c1-5-9(2)15-14(17)11(4)18-13-8-6-7-12(16)10(13)3/h6-9,11,16H,5H2,1-4H3,(H,15,17). The van der Waals surface area contributed by atoms with Gasteiger partial charge < -0.3 is 15.2 Å². The van der Waals surface area contributed by atoms with Crippen LogP contribution in [0.15, 0.2) is 18.2 Å². The Bertz CT molecular complexity index is 418. The molecule has 18 heavy (non-hydrogen) atoms. The first-order valence-electron chi connectivity index (χ1n) is 6.21. The van der Waals surface area contributed by atoms with Crippen molar-refractivity contribution in [2.24, 2.45) is 0 Å². The number of carbonyl (C=O) groups excluding carboxylic acids is 1. The van der Waals surface area contributed by atoms with E-state index in [1.54, 1.807) is 32.0 Å². The van der Waals surface area contributed by atoms with Crippen LogP contribution in [0.3, 0.4) is 0 Å². The zero-order valence-electron chi connectivity index (χ0n) is 11.4. The van der Waals surface area contributed by atoms with Gasteiger partial charge in [0.1, 0.15) is 11.5 Å². The van der Waals surface area contributed by atoms with Crippen LogP contribution in [0.4, 0.5) is 0 Å². The molecular formula is C14H21NO3. The zero-order chi connectivity index (χ0) is 13.7. The van der Waals surface area contributed by atoms with Crippen LogP contribution in [0.1, 0.15) is 32.8 Å². The Hall–Kier alpha value is -1.71. The average Bonchev–Trinajstić information content (AvgIpc) is 2.34. The van der Waals surface area contributed by atoms with Crippen LogP contribution in [0.2, 0.25) is 0 Å². The average molecular weight is 251 g/mol. The summed E-state index contributed by atoms with van der Waals surface area (Å²) in [5.74, 6) is 0.552. The van der Waals surface area contributed by atoms with Crippen LogP contribution in [-0.2, 0) is 4.79 Å². The molecule has 1 aromatic carbocycles. The van der Waals surface area contributed by atoms with Crippen LogP contribution < -0.4 is 10.1 Å². The molecular weight excluding hydrogens is 230 g/mol. The summed E-state index contributed by atoms with van der Waals surface area (Å²) in [6.07, 6.45) is 0.295. The van der Waals surface area contributed by atoms with Crippen molar-refractivity contribution in [1.82, 2.24) is 5.32 Å². The van der Waals surface area contributed by atoms with Crippen LogP contribution in [0.25, 0.3) is 0 Å². The largest absolute Gasteiger partial charge is 0.508 e. The van der Waals surface area contributed by atoms with E-state index in [2.05, 4.69) is 5.32 Å². The van der Waals surface area contributed by atoms with Crippen molar-refractivity contribution in [3.63, 3.8) is 0 Å². The Morgan fingerprint density at radius 1 is 1.44 bits per heavy atom. The number of carbonyl (C=O) groups is 1. The van der Waals surface area contributed by atoms with E-state index in [9.17, 15) is 9.90 Å². The Kier molecular flexibility index (Phi) is 5.01. The fourth-order valence-electron chi connectivity index (χ4n) is 1.44. The first-order valence-corrected chi connectivity index (χ1v) is 6.21. The van der Waals surface area contributed by atoms with Gasteiger partial charge in [0.05, 0.1) is 0 Å². The molecule has 0 bridgehead atoms. The minimum Gasteiger partial charge on any atom is -0.508 e. The Balaban J connectivity index is 2.67. The molecule has 0 saturated heterocycles. The summed E-state index contributed by atoms with van der Waals surface area (Å²) in [5.41, 5.74) is 0.640. The van der Waals surface area contributed by atoms with Gasteiger partial charge in [-0.25, -0.2) is 0 Å². The van der Waals surface area contributed by atoms with Gasteiger partial charge in [-0.1, -0.05) is 13.0 Å². The second kappa shape index (κ2) is 6.28. The predicted molar refractivity (Wildman–Crippen MR) is 70.8 cm³/mol. The van der Waals surface area contributed by atoms with Crippen LogP contribution in [0, 0.1) is 6.92 Å². The molecule has 0 aliphatic carbocycles. The number of phenolic OH excluding ortho intramolecular Hbond substituents is 1. The van der Waals surface area contributed by atoms with Gasteiger partial charge in [0, 0.05) is 11.6 Å².